The number of nitrogens with zero attached hydrogens (tertiary/aromatic N) is 3. The van der Waals surface area contributed by atoms with Gasteiger partial charge in [-0.05, 0) is 49.2 Å². The third-order valence-electron chi connectivity index (χ3n) is 4.41. The summed E-state index contributed by atoms with van der Waals surface area (Å²) in [5.41, 5.74) is 3.32. The monoisotopic (exact) mass is 341 g/mol. The Morgan fingerprint density at radius 3 is 2.60 bits per heavy atom. The topological polar surface area (TPSA) is 57.0 Å². The summed E-state index contributed by atoms with van der Waals surface area (Å²) in [6.45, 7) is 6.13. The zero-order valence-corrected chi connectivity index (χ0v) is 14.7. The SMILES string of the molecule is CCC(C)c1nn(-c2ccc(F)cc2)c2nc(C(=O)OC)cc(C)c12. The zero-order valence-electron chi connectivity index (χ0n) is 14.7. The number of pyridine rings is 1. The number of methoxy groups -OCH3 is 1. The number of benzene rings is 1. The van der Waals surface area contributed by atoms with Gasteiger partial charge in [0.25, 0.3) is 0 Å². The van der Waals surface area contributed by atoms with Crippen LogP contribution in [0.5, 0.6) is 0 Å². The molecule has 0 saturated carbocycles. The molecule has 0 bridgehead atoms. The lowest BCUT2D eigenvalue weighted by atomic mass is 10.00. The van der Waals surface area contributed by atoms with E-state index in [0.29, 0.717) is 11.3 Å². The van der Waals surface area contributed by atoms with Crippen molar-refractivity contribution in [2.24, 2.45) is 0 Å². The van der Waals surface area contributed by atoms with Gasteiger partial charge >= 0.3 is 5.97 Å². The molecule has 5 nitrogen and oxygen atoms in total. The maximum absolute atomic E-state index is 13.3. The largest absolute Gasteiger partial charge is 0.464 e. The molecule has 0 aliphatic heterocycles. The summed E-state index contributed by atoms with van der Waals surface area (Å²) < 4.78 is 19.7. The van der Waals surface area contributed by atoms with Crippen molar-refractivity contribution in [1.82, 2.24) is 14.8 Å². The number of carbonyl (C=O) groups excluding carboxylic acids is 1. The van der Waals surface area contributed by atoms with E-state index in [1.165, 1.54) is 19.2 Å². The molecule has 1 unspecified atom stereocenters. The average molecular weight is 341 g/mol. The summed E-state index contributed by atoms with van der Waals surface area (Å²) in [5, 5.41) is 5.65. The summed E-state index contributed by atoms with van der Waals surface area (Å²) in [6, 6.07) is 7.76. The molecule has 0 radical (unpaired) electrons. The van der Waals surface area contributed by atoms with E-state index in [2.05, 4.69) is 18.8 Å². The number of aryl methyl sites for hydroxylation is 1. The molecule has 0 amide bonds. The Labute approximate surface area is 145 Å². The lowest BCUT2D eigenvalue weighted by Gasteiger charge is -2.07. The molecule has 1 atom stereocenters. The minimum Gasteiger partial charge on any atom is -0.464 e. The lowest BCUT2D eigenvalue weighted by molar-refractivity contribution is 0.0594. The smallest absolute Gasteiger partial charge is 0.356 e. The van der Waals surface area contributed by atoms with Crippen LogP contribution in [0.4, 0.5) is 4.39 Å². The van der Waals surface area contributed by atoms with Gasteiger partial charge < -0.3 is 4.74 Å². The average Bonchev–Trinajstić information content (AvgIpc) is 3.01. The third kappa shape index (κ3) is 2.99. The van der Waals surface area contributed by atoms with Crippen LogP contribution < -0.4 is 0 Å². The highest BCUT2D eigenvalue weighted by Crippen LogP contribution is 2.31. The molecule has 0 aliphatic carbocycles. The van der Waals surface area contributed by atoms with Crippen molar-refractivity contribution in [3.05, 3.63) is 53.1 Å². The van der Waals surface area contributed by atoms with E-state index >= 15 is 0 Å². The minimum absolute atomic E-state index is 0.228. The van der Waals surface area contributed by atoms with E-state index in [9.17, 15) is 9.18 Å². The predicted octanol–water partition coefficient (Wildman–Crippen LogP) is 4.17. The maximum Gasteiger partial charge on any atom is 0.356 e. The molecule has 2 aromatic heterocycles. The minimum atomic E-state index is -0.498. The fraction of sp³-hybridized carbons (Fsp3) is 0.316. The van der Waals surface area contributed by atoms with Gasteiger partial charge in [0, 0.05) is 11.3 Å². The number of esters is 1. The molecule has 0 spiro atoms. The Balaban J connectivity index is 2.33. The maximum atomic E-state index is 13.3. The number of hydrogen-bond acceptors (Lipinski definition) is 4. The second kappa shape index (κ2) is 6.63. The van der Waals surface area contributed by atoms with Gasteiger partial charge in [0.1, 0.15) is 5.82 Å². The molecule has 1 aromatic carbocycles. The van der Waals surface area contributed by atoms with E-state index < -0.39 is 5.97 Å². The number of aromatic nitrogens is 3. The van der Waals surface area contributed by atoms with Gasteiger partial charge in [-0.15, -0.1) is 0 Å². The number of hydrogen-bond donors (Lipinski definition) is 0. The highest BCUT2D eigenvalue weighted by molar-refractivity contribution is 5.93. The molecule has 0 saturated heterocycles. The standard InChI is InChI=1S/C19H20FN3O2/c1-5-11(2)17-16-12(3)10-15(19(24)25-4)21-18(16)23(22-17)14-8-6-13(20)7-9-14/h6-11H,5H2,1-4H3. The number of carbonyl (C=O) groups is 1. The quantitative estimate of drug-likeness (QED) is 0.668. The number of fused-ring (bicyclic) bond motifs is 1. The first-order chi connectivity index (χ1) is 12.0. The Hall–Kier alpha value is -2.76. The van der Waals surface area contributed by atoms with Gasteiger partial charge in [-0.1, -0.05) is 13.8 Å². The van der Waals surface area contributed by atoms with E-state index in [0.717, 1.165) is 23.1 Å². The van der Waals surface area contributed by atoms with Gasteiger partial charge in [-0.25, -0.2) is 18.9 Å². The van der Waals surface area contributed by atoms with E-state index in [1.54, 1.807) is 22.9 Å². The molecule has 3 aromatic rings. The van der Waals surface area contributed by atoms with Crippen molar-refractivity contribution in [3.8, 4) is 5.69 Å². The molecular formula is C19H20FN3O2. The van der Waals surface area contributed by atoms with Crippen LogP contribution in [0.15, 0.2) is 30.3 Å². The first kappa shape index (κ1) is 17.1. The number of halogens is 1. The van der Waals surface area contributed by atoms with E-state index in [4.69, 9.17) is 9.84 Å². The Bertz CT molecular complexity index is 932. The highest BCUT2D eigenvalue weighted by Gasteiger charge is 2.21. The van der Waals surface area contributed by atoms with Crippen LogP contribution in [-0.4, -0.2) is 27.8 Å². The Morgan fingerprint density at radius 2 is 2.00 bits per heavy atom. The van der Waals surface area contributed by atoms with Crippen molar-refractivity contribution < 1.29 is 13.9 Å². The van der Waals surface area contributed by atoms with Crippen molar-refractivity contribution in [3.63, 3.8) is 0 Å². The van der Waals surface area contributed by atoms with Crippen molar-refractivity contribution in [2.75, 3.05) is 7.11 Å². The molecule has 2 heterocycles. The summed E-state index contributed by atoms with van der Waals surface area (Å²) >= 11 is 0. The Kier molecular flexibility index (Phi) is 4.53. The fourth-order valence-corrected chi connectivity index (χ4v) is 2.84. The molecule has 130 valence electrons. The number of rotatable bonds is 4. The van der Waals surface area contributed by atoms with Crippen LogP contribution in [-0.2, 0) is 4.74 Å². The normalized spacial score (nSPS) is 12.4. The molecule has 3 rings (SSSR count). The van der Waals surface area contributed by atoms with Gasteiger partial charge in [-0.3, -0.25) is 0 Å². The summed E-state index contributed by atoms with van der Waals surface area (Å²) in [7, 11) is 1.32. The van der Waals surface area contributed by atoms with Crippen molar-refractivity contribution in [1.29, 1.82) is 0 Å². The lowest BCUT2D eigenvalue weighted by Crippen LogP contribution is -2.06. The Morgan fingerprint density at radius 1 is 1.32 bits per heavy atom. The summed E-state index contributed by atoms with van der Waals surface area (Å²) in [6.07, 6.45) is 0.924. The fourth-order valence-electron chi connectivity index (χ4n) is 2.84. The first-order valence-electron chi connectivity index (χ1n) is 8.20. The predicted molar refractivity (Wildman–Crippen MR) is 93.6 cm³/mol. The zero-order chi connectivity index (χ0) is 18.1. The van der Waals surface area contributed by atoms with Crippen molar-refractivity contribution >= 4 is 17.0 Å². The first-order valence-corrected chi connectivity index (χ1v) is 8.20. The van der Waals surface area contributed by atoms with E-state index in [1.807, 2.05) is 6.92 Å². The van der Waals surface area contributed by atoms with Crippen LogP contribution in [0.1, 0.15) is 47.9 Å². The van der Waals surface area contributed by atoms with Crippen LogP contribution in [0.2, 0.25) is 0 Å². The molecule has 6 heteroatoms. The van der Waals surface area contributed by atoms with Gasteiger partial charge in [-0.2, -0.15) is 5.10 Å². The molecular weight excluding hydrogens is 321 g/mol. The second-order valence-corrected chi connectivity index (χ2v) is 6.10. The second-order valence-electron chi connectivity index (χ2n) is 6.10. The molecule has 0 aliphatic rings. The van der Waals surface area contributed by atoms with Gasteiger partial charge in [0.05, 0.1) is 18.5 Å². The molecule has 25 heavy (non-hydrogen) atoms. The third-order valence-corrected chi connectivity index (χ3v) is 4.41. The highest BCUT2D eigenvalue weighted by atomic mass is 19.1. The van der Waals surface area contributed by atoms with Crippen LogP contribution in [0.25, 0.3) is 16.7 Å². The summed E-state index contributed by atoms with van der Waals surface area (Å²) in [5.74, 6) is -0.586. The van der Waals surface area contributed by atoms with E-state index in [-0.39, 0.29) is 17.4 Å². The molecule has 0 N–H and O–H groups in total. The van der Waals surface area contributed by atoms with Crippen molar-refractivity contribution in [2.45, 2.75) is 33.1 Å². The van der Waals surface area contributed by atoms with Crippen LogP contribution in [0, 0.1) is 12.7 Å². The number of ether oxygens (including phenoxy) is 1. The summed E-state index contributed by atoms with van der Waals surface area (Å²) in [4.78, 5) is 16.4. The van der Waals surface area contributed by atoms with Crippen LogP contribution in [0.3, 0.4) is 0 Å². The van der Waals surface area contributed by atoms with Gasteiger partial charge in [0.15, 0.2) is 11.3 Å². The van der Waals surface area contributed by atoms with Crippen LogP contribution >= 0.6 is 0 Å². The molecule has 0 fully saturated rings. The van der Waals surface area contributed by atoms with Gasteiger partial charge in [0.2, 0.25) is 0 Å².